The van der Waals surface area contributed by atoms with E-state index in [9.17, 15) is 9.50 Å². The number of fused-ring (bicyclic) bond motifs is 1. The van der Waals surface area contributed by atoms with Crippen LogP contribution in [-0.4, -0.2) is 40.4 Å². The molecule has 2 aromatic rings. The molecular weight excluding hydrogens is 283 g/mol. The molecular formula is C17H23FN2O2. The van der Waals surface area contributed by atoms with Crippen molar-refractivity contribution in [3.05, 3.63) is 29.7 Å². The number of rotatable bonds is 4. The topological polar surface area (TPSA) is 49.5 Å². The van der Waals surface area contributed by atoms with Gasteiger partial charge in [0.1, 0.15) is 5.82 Å². The summed E-state index contributed by atoms with van der Waals surface area (Å²) in [6, 6.07) is 4.61. The van der Waals surface area contributed by atoms with Crippen LogP contribution in [0.1, 0.15) is 44.7 Å². The van der Waals surface area contributed by atoms with E-state index in [1.807, 2.05) is 13.8 Å². The van der Waals surface area contributed by atoms with Crippen molar-refractivity contribution in [1.82, 2.24) is 10.1 Å². The van der Waals surface area contributed by atoms with Gasteiger partial charge in [-0.15, -0.1) is 0 Å². The fourth-order valence-corrected chi connectivity index (χ4v) is 3.09. The number of piperidine rings is 1. The third-order valence-corrected chi connectivity index (χ3v) is 4.48. The maximum Gasteiger partial charge on any atom is 0.170 e. The molecule has 1 N–H and O–H groups in total. The summed E-state index contributed by atoms with van der Waals surface area (Å²) >= 11 is 0. The van der Waals surface area contributed by atoms with Crippen molar-refractivity contribution in [1.29, 1.82) is 0 Å². The van der Waals surface area contributed by atoms with Gasteiger partial charge in [-0.25, -0.2) is 4.39 Å². The van der Waals surface area contributed by atoms with E-state index >= 15 is 0 Å². The number of hydrogen-bond acceptors (Lipinski definition) is 4. The first-order chi connectivity index (χ1) is 10.4. The molecule has 22 heavy (non-hydrogen) atoms. The number of halogens is 1. The Labute approximate surface area is 129 Å². The molecule has 0 atom stereocenters. The molecule has 1 saturated heterocycles. The van der Waals surface area contributed by atoms with Gasteiger partial charge in [-0.05, 0) is 58.3 Å². The Morgan fingerprint density at radius 1 is 1.36 bits per heavy atom. The summed E-state index contributed by atoms with van der Waals surface area (Å²) in [5.41, 5.74) is 0.875. The molecule has 2 heterocycles. The average molecular weight is 306 g/mol. The molecule has 0 radical (unpaired) electrons. The number of benzene rings is 1. The van der Waals surface area contributed by atoms with E-state index in [2.05, 4.69) is 10.1 Å². The van der Waals surface area contributed by atoms with Crippen molar-refractivity contribution in [3.8, 4) is 0 Å². The van der Waals surface area contributed by atoms with Crippen LogP contribution in [0.5, 0.6) is 0 Å². The summed E-state index contributed by atoms with van der Waals surface area (Å²) in [6.45, 7) is 6.61. The minimum absolute atomic E-state index is 0.295. The van der Waals surface area contributed by atoms with E-state index in [-0.39, 0.29) is 5.82 Å². The normalized spacial score (nSPS) is 18.2. The maximum absolute atomic E-state index is 13.2. The van der Waals surface area contributed by atoms with Crippen LogP contribution < -0.4 is 0 Å². The lowest BCUT2D eigenvalue weighted by molar-refractivity contribution is 0.0539. The second-order valence-corrected chi connectivity index (χ2v) is 6.89. The number of likely N-dealkylation sites (tertiary alicyclic amines) is 1. The second kappa shape index (κ2) is 5.97. The molecule has 3 rings (SSSR count). The lowest BCUT2D eigenvalue weighted by Gasteiger charge is -2.32. The minimum Gasteiger partial charge on any atom is -0.390 e. The third-order valence-electron chi connectivity index (χ3n) is 4.48. The molecule has 1 aromatic carbocycles. The first-order valence-corrected chi connectivity index (χ1v) is 7.92. The van der Waals surface area contributed by atoms with Gasteiger partial charge < -0.3 is 14.5 Å². The lowest BCUT2D eigenvalue weighted by atomic mass is 9.91. The van der Waals surface area contributed by atoms with Gasteiger partial charge in [-0.3, -0.25) is 0 Å². The van der Waals surface area contributed by atoms with Gasteiger partial charge in [0.2, 0.25) is 0 Å². The van der Waals surface area contributed by atoms with Crippen LogP contribution in [0, 0.1) is 5.82 Å². The zero-order valence-corrected chi connectivity index (χ0v) is 13.2. The average Bonchev–Trinajstić information content (AvgIpc) is 2.88. The Morgan fingerprint density at radius 3 is 2.77 bits per heavy atom. The van der Waals surface area contributed by atoms with Crippen LogP contribution in [0.3, 0.4) is 0 Å². The summed E-state index contributed by atoms with van der Waals surface area (Å²) in [4.78, 5) is 2.39. The molecule has 0 spiro atoms. The third kappa shape index (κ3) is 3.47. The molecule has 1 aliphatic heterocycles. The summed E-state index contributed by atoms with van der Waals surface area (Å²) in [7, 11) is 0. The number of hydrogen-bond donors (Lipinski definition) is 1. The summed E-state index contributed by atoms with van der Waals surface area (Å²) in [5.74, 6) is 0.0711. The van der Waals surface area contributed by atoms with E-state index in [4.69, 9.17) is 4.52 Å². The van der Waals surface area contributed by atoms with E-state index in [0.29, 0.717) is 11.5 Å². The Morgan fingerprint density at radius 2 is 2.09 bits per heavy atom. The van der Waals surface area contributed by atoms with Gasteiger partial charge in [0.25, 0.3) is 0 Å². The molecule has 120 valence electrons. The molecule has 0 unspecified atom stereocenters. The van der Waals surface area contributed by atoms with Gasteiger partial charge in [-0.1, -0.05) is 5.16 Å². The lowest BCUT2D eigenvalue weighted by Crippen LogP contribution is -2.36. The van der Waals surface area contributed by atoms with Crippen LogP contribution in [0.4, 0.5) is 4.39 Å². The van der Waals surface area contributed by atoms with Crippen molar-refractivity contribution in [2.45, 2.75) is 44.6 Å². The molecule has 0 saturated carbocycles. The molecule has 1 aromatic heterocycles. The van der Waals surface area contributed by atoms with Gasteiger partial charge >= 0.3 is 0 Å². The minimum atomic E-state index is -0.608. The highest BCUT2D eigenvalue weighted by Gasteiger charge is 2.26. The molecule has 0 bridgehead atoms. The quantitative estimate of drug-likeness (QED) is 0.941. The van der Waals surface area contributed by atoms with Crippen LogP contribution in [0.15, 0.2) is 22.7 Å². The van der Waals surface area contributed by atoms with Gasteiger partial charge in [-0.2, -0.15) is 0 Å². The predicted molar refractivity (Wildman–Crippen MR) is 83.3 cm³/mol. The van der Waals surface area contributed by atoms with E-state index in [1.165, 1.54) is 12.1 Å². The van der Waals surface area contributed by atoms with Crippen LogP contribution in [0.25, 0.3) is 11.0 Å². The van der Waals surface area contributed by atoms with E-state index < -0.39 is 5.60 Å². The van der Waals surface area contributed by atoms with E-state index in [1.54, 1.807) is 6.07 Å². The van der Waals surface area contributed by atoms with Crippen molar-refractivity contribution in [3.63, 3.8) is 0 Å². The Bertz CT molecular complexity index is 640. The highest BCUT2D eigenvalue weighted by molar-refractivity contribution is 5.79. The number of aromatic nitrogens is 1. The number of aliphatic hydroxyl groups is 1. The van der Waals surface area contributed by atoms with Crippen molar-refractivity contribution in [2.24, 2.45) is 0 Å². The molecule has 4 nitrogen and oxygen atoms in total. The van der Waals surface area contributed by atoms with Crippen LogP contribution in [0.2, 0.25) is 0 Å². The SMILES string of the molecule is CC(C)(O)CCN1CCC(c2noc3cc(F)ccc23)CC1. The monoisotopic (exact) mass is 306 g/mol. The van der Waals surface area contributed by atoms with Gasteiger partial charge in [0.05, 0.1) is 11.3 Å². The summed E-state index contributed by atoms with van der Waals surface area (Å²) in [5, 5.41) is 14.9. The van der Waals surface area contributed by atoms with Crippen LogP contribution >= 0.6 is 0 Å². The second-order valence-electron chi connectivity index (χ2n) is 6.89. The molecule has 1 fully saturated rings. The number of nitrogens with zero attached hydrogens (tertiary/aromatic N) is 2. The van der Waals surface area contributed by atoms with Gasteiger partial charge in [0.15, 0.2) is 5.58 Å². The largest absolute Gasteiger partial charge is 0.390 e. The summed E-state index contributed by atoms with van der Waals surface area (Å²) < 4.78 is 18.5. The van der Waals surface area contributed by atoms with Crippen molar-refractivity contribution >= 4 is 11.0 Å². The molecule has 0 amide bonds. The Balaban J connectivity index is 1.63. The zero-order chi connectivity index (χ0) is 15.7. The molecule has 0 aliphatic carbocycles. The standard InChI is InChI=1S/C17H23FN2O2/c1-17(2,21)7-10-20-8-5-12(6-9-20)16-14-4-3-13(18)11-15(14)22-19-16/h3-4,11-12,21H,5-10H2,1-2H3. The maximum atomic E-state index is 13.2. The summed E-state index contributed by atoms with van der Waals surface area (Å²) in [6.07, 6.45) is 2.82. The Kier molecular flexibility index (Phi) is 4.19. The predicted octanol–water partition coefficient (Wildman–Crippen LogP) is 3.31. The van der Waals surface area contributed by atoms with Crippen LogP contribution in [-0.2, 0) is 0 Å². The molecule has 1 aliphatic rings. The molecule has 5 heteroatoms. The van der Waals surface area contributed by atoms with E-state index in [0.717, 1.165) is 50.0 Å². The van der Waals surface area contributed by atoms with Crippen molar-refractivity contribution in [2.75, 3.05) is 19.6 Å². The Hall–Kier alpha value is -1.46. The zero-order valence-electron chi connectivity index (χ0n) is 13.2. The fourth-order valence-electron chi connectivity index (χ4n) is 3.09. The highest BCUT2D eigenvalue weighted by Crippen LogP contribution is 2.32. The first-order valence-electron chi connectivity index (χ1n) is 7.92. The van der Waals surface area contributed by atoms with Gasteiger partial charge in [0, 0.05) is 23.9 Å². The highest BCUT2D eigenvalue weighted by atomic mass is 19.1. The fraction of sp³-hybridized carbons (Fsp3) is 0.588. The smallest absolute Gasteiger partial charge is 0.170 e. The van der Waals surface area contributed by atoms with Crippen molar-refractivity contribution < 1.29 is 14.0 Å². The first kappa shape index (κ1) is 15.4.